The molecule has 1 amide bonds. The second-order valence-corrected chi connectivity index (χ2v) is 5.44. The Hall–Kier alpha value is -2.29. The molecule has 0 heterocycles. The Balaban J connectivity index is 2.12. The molecule has 0 aromatic heterocycles. The molecule has 1 unspecified atom stereocenters. The van der Waals surface area contributed by atoms with Crippen molar-refractivity contribution in [1.29, 1.82) is 0 Å². The molecule has 0 aliphatic carbocycles. The second-order valence-electron chi connectivity index (χ2n) is 5.44. The molecule has 21 heavy (non-hydrogen) atoms. The lowest BCUT2D eigenvalue weighted by molar-refractivity contribution is 0.0963. The van der Waals surface area contributed by atoms with Gasteiger partial charge in [0.25, 0.3) is 5.91 Å². The lowest BCUT2D eigenvalue weighted by Crippen LogP contribution is -2.17. The van der Waals surface area contributed by atoms with Gasteiger partial charge in [0.1, 0.15) is 0 Å². The van der Waals surface area contributed by atoms with E-state index in [9.17, 15) is 4.79 Å². The minimum atomic E-state index is -0.0658. The Morgan fingerprint density at radius 3 is 2.10 bits per heavy atom. The fourth-order valence-corrected chi connectivity index (χ4v) is 2.46. The van der Waals surface area contributed by atoms with Crippen molar-refractivity contribution in [3.05, 3.63) is 64.7 Å². The first-order valence-corrected chi connectivity index (χ1v) is 7.16. The Bertz CT molecular complexity index is 612. The molecule has 0 fully saturated rings. The molecule has 0 radical (unpaired) electrons. The van der Waals surface area contributed by atoms with Crippen LogP contribution in [0.25, 0.3) is 0 Å². The summed E-state index contributed by atoms with van der Waals surface area (Å²) in [6, 6.07) is 14.3. The number of rotatable bonds is 4. The van der Waals surface area contributed by atoms with Gasteiger partial charge >= 0.3 is 0 Å². The minimum absolute atomic E-state index is 0.0658. The maximum absolute atomic E-state index is 11.5. The molecule has 0 bridgehead atoms. The Morgan fingerprint density at radius 2 is 1.57 bits per heavy atom. The van der Waals surface area contributed by atoms with Crippen LogP contribution in [0.2, 0.25) is 0 Å². The first-order chi connectivity index (χ1) is 9.99. The van der Waals surface area contributed by atoms with E-state index in [1.807, 2.05) is 24.3 Å². The van der Waals surface area contributed by atoms with Crippen LogP contribution in [0.4, 0.5) is 5.69 Å². The molecule has 2 rings (SSSR count). The van der Waals surface area contributed by atoms with E-state index in [1.54, 1.807) is 7.05 Å². The highest BCUT2D eigenvalue weighted by Gasteiger charge is 2.07. The Morgan fingerprint density at radius 1 is 1.00 bits per heavy atom. The van der Waals surface area contributed by atoms with Crippen LogP contribution < -0.4 is 10.6 Å². The smallest absolute Gasteiger partial charge is 0.251 e. The van der Waals surface area contributed by atoms with Crippen LogP contribution in [0.15, 0.2) is 42.5 Å². The van der Waals surface area contributed by atoms with Crippen LogP contribution in [0.5, 0.6) is 0 Å². The third kappa shape index (κ3) is 3.85. The number of carbonyl (C=O) groups is 1. The number of hydrogen-bond donors (Lipinski definition) is 2. The van der Waals surface area contributed by atoms with Crippen molar-refractivity contribution in [2.75, 3.05) is 12.4 Å². The third-order valence-corrected chi connectivity index (χ3v) is 3.50. The normalized spacial score (nSPS) is 11.8. The largest absolute Gasteiger partial charge is 0.379 e. The van der Waals surface area contributed by atoms with Crippen LogP contribution in [0.3, 0.4) is 0 Å². The van der Waals surface area contributed by atoms with Crippen molar-refractivity contribution in [3.63, 3.8) is 0 Å². The average Bonchev–Trinajstić information content (AvgIpc) is 2.46. The molecule has 0 aliphatic heterocycles. The SMILES string of the molecule is CNC(=O)c1ccc(NC(C)c2cc(C)cc(C)c2)cc1. The topological polar surface area (TPSA) is 41.1 Å². The summed E-state index contributed by atoms with van der Waals surface area (Å²) < 4.78 is 0. The fraction of sp³-hybridized carbons (Fsp3) is 0.278. The van der Waals surface area contributed by atoms with Crippen molar-refractivity contribution in [2.45, 2.75) is 26.8 Å². The van der Waals surface area contributed by atoms with Crippen molar-refractivity contribution in [2.24, 2.45) is 0 Å². The molecular formula is C18H22N2O. The van der Waals surface area contributed by atoms with Gasteiger partial charge in [-0.05, 0) is 50.6 Å². The average molecular weight is 282 g/mol. The summed E-state index contributed by atoms with van der Waals surface area (Å²) in [4.78, 5) is 11.5. The van der Waals surface area contributed by atoms with Gasteiger partial charge in [0.15, 0.2) is 0 Å². The van der Waals surface area contributed by atoms with Gasteiger partial charge in [0.2, 0.25) is 0 Å². The molecule has 0 saturated carbocycles. The number of hydrogen-bond acceptors (Lipinski definition) is 2. The monoisotopic (exact) mass is 282 g/mol. The quantitative estimate of drug-likeness (QED) is 0.894. The summed E-state index contributed by atoms with van der Waals surface area (Å²) in [5.41, 5.74) is 5.49. The van der Waals surface area contributed by atoms with Crippen LogP contribution in [-0.2, 0) is 0 Å². The maximum atomic E-state index is 11.5. The molecule has 110 valence electrons. The van der Waals surface area contributed by atoms with E-state index >= 15 is 0 Å². The van der Waals surface area contributed by atoms with Gasteiger partial charge < -0.3 is 10.6 Å². The standard InChI is InChI=1S/C18H22N2O/c1-12-9-13(2)11-16(10-12)14(3)20-17-7-5-15(6-8-17)18(21)19-4/h5-11,14,20H,1-4H3,(H,19,21). The summed E-state index contributed by atoms with van der Waals surface area (Å²) in [7, 11) is 1.64. The molecule has 0 spiro atoms. The van der Waals surface area contributed by atoms with Crippen molar-refractivity contribution in [1.82, 2.24) is 5.32 Å². The van der Waals surface area contributed by atoms with E-state index in [-0.39, 0.29) is 11.9 Å². The Labute approximate surface area is 126 Å². The lowest BCUT2D eigenvalue weighted by Gasteiger charge is -2.17. The summed E-state index contributed by atoms with van der Waals surface area (Å²) in [5, 5.41) is 6.09. The van der Waals surface area contributed by atoms with E-state index in [0.717, 1.165) is 5.69 Å². The highest BCUT2D eigenvalue weighted by atomic mass is 16.1. The third-order valence-electron chi connectivity index (χ3n) is 3.50. The first-order valence-electron chi connectivity index (χ1n) is 7.16. The number of nitrogens with one attached hydrogen (secondary N) is 2. The number of anilines is 1. The molecule has 0 saturated heterocycles. The van der Waals surface area contributed by atoms with E-state index in [1.165, 1.54) is 16.7 Å². The van der Waals surface area contributed by atoms with Gasteiger partial charge in [0.05, 0.1) is 0 Å². The lowest BCUT2D eigenvalue weighted by atomic mass is 10.0. The van der Waals surface area contributed by atoms with Crippen molar-refractivity contribution in [3.8, 4) is 0 Å². The zero-order valence-corrected chi connectivity index (χ0v) is 13.0. The van der Waals surface area contributed by atoms with E-state index in [2.05, 4.69) is 49.6 Å². The predicted molar refractivity (Wildman–Crippen MR) is 87.8 cm³/mol. The molecule has 3 nitrogen and oxygen atoms in total. The minimum Gasteiger partial charge on any atom is -0.379 e. The zero-order valence-electron chi connectivity index (χ0n) is 13.0. The first kappa shape index (κ1) is 15.1. The number of amides is 1. The van der Waals surface area contributed by atoms with E-state index < -0.39 is 0 Å². The Kier molecular flexibility index (Phi) is 4.63. The van der Waals surface area contributed by atoms with Crippen molar-refractivity contribution < 1.29 is 4.79 Å². The van der Waals surface area contributed by atoms with Gasteiger partial charge in [-0.3, -0.25) is 4.79 Å². The molecule has 0 aliphatic rings. The summed E-state index contributed by atoms with van der Waals surface area (Å²) >= 11 is 0. The van der Waals surface area contributed by atoms with E-state index in [4.69, 9.17) is 0 Å². The maximum Gasteiger partial charge on any atom is 0.251 e. The highest BCUT2D eigenvalue weighted by molar-refractivity contribution is 5.94. The van der Waals surface area contributed by atoms with Crippen molar-refractivity contribution >= 4 is 11.6 Å². The van der Waals surface area contributed by atoms with Crippen LogP contribution >= 0.6 is 0 Å². The van der Waals surface area contributed by atoms with Crippen LogP contribution in [0.1, 0.15) is 40.0 Å². The molecule has 2 N–H and O–H groups in total. The van der Waals surface area contributed by atoms with Gasteiger partial charge in [0, 0.05) is 24.3 Å². The molecule has 3 heteroatoms. The summed E-state index contributed by atoms with van der Waals surface area (Å²) in [6.07, 6.45) is 0. The molecule has 2 aromatic rings. The molecule has 2 aromatic carbocycles. The van der Waals surface area contributed by atoms with E-state index in [0.29, 0.717) is 5.56 Å². The van der Waals surface area contributed by atoms with Gasteiger partial charge in [-0.15, -0.1) is 0 Å². The molecule has 1 atom stereocenters. The predicted octanol–water partition coefficient (Wildman–Crippen LogP) is 3.84. The second kappa shape index (κ2) is 6.44. The van der Waals surface area contributed by atoms with Crippen LogP contribution in [-0.4, -0.2) is 13.0 Å². The number of aryl methyl sites for hydroxylation is 2. The van der Waals surface area contributed by atoms with Gasteiger partial charge in [-0.25, -0.2) is 0 Å². The summed E-state index contributed by atoms with van der Waals surface area (Å²) in [6.45, 7) is 6.36. The van der Waals surface area contributed by atoms with Gasteiger partial charge in [-0.1, -0.05) is 29.3 Å². The highest BCUT2D eigenvalue weighted by Crippen LogP contribution is 2.21. The fourth-order valence-electron chi connectivity index (χ4n) is 2.46. The number of carbonyl (C=O) groups excluding carboxylic acids is 1. The molecular weight excluding hydrogens is 260 g/mol. The van der Waals surface area contributed by atoms with Gasteiger partial charge in [-0.2, -0.15) is 0 Å². The van der Waals surface area contributed by atoms with Crippen LogP contribution in [0, 0.1) is 13.8 Å². The summed E-state index contributed by atoms with van der Waals surface area (Å²) in [5.74, 6) is -0.0658. The zero-order chi connectivity index (χ0) is 15.4. The number of benzene rings is 2.